The van der Waals surface area contributed by atoms with E-state index in [2.05, 4.69) is 16.3 Å². The van der Waals surface area contributed by atoms with Crippen LogP contribution in [0.2, 0.25) is 0 Å². The molecule has 0 saturated heterocycles. The lowest BCUT2D eigenvalue weighted by molar-refractivity contribution is -0.122. The highest BCUT2D eigenvalue weighted by molar-refractivity contribution is 5.78. The molecular formula is C15H22N2O2. The fourth-order valence-electron chi connectivity index (χ4n) is 2.22. The lowest BCUT2D eigenvalue weighted by atomic mass is 10.1. The van der Waals surface area contributed by atoms with Crippen molar-refractivity contribution in [1.82, 2.24) is 10.2 Å². The highest BCUT2D eigenvalue weighted by Crippen LogP contribution is 2.25. The van der Waals surface area contributed by atoms with Crippen LogP contribution in [-0.4, -0.2) is 41.7 Å². The number of nitrogens with one attached hydrogen (secondary N) is 1. The first-order valence-corrected chi connectivity index (χ1v) is 6.86. The highest BCUT2D eigenvalue weighted by atomic mass is 16.3. The van der Waals surface area contributed by atoms with Crippen LogP contribution >= 0.6 is 0 Å². The molecule has 0 bridgehead atoms. The molecule has 1 aliphatic rings. The zero-order valence-electron chi connectivity index (χ0n) is 11.4. The number of aliphatic hydroxyl groups excluding tert-OH is 1. The molecule has 0 heterocycles. The maximum absolute atomic E-state index is 11.9. The molecule has 0 unspecified atom stereocenters. The molecule has 1 fully saturated rings. The number of carbonyl (C=O) groups is 1. The second kappa shape index (κ2) is 6.68. The molecule has 1 aliphatic carbocycles. The molecule has 1 amide bonds. The summed E-state index contributed by atoms with van der Waals surface area (Å²) in [6.07, 6.45) is 2.29. The van der Waals surface area contributed by atoms with Gasteiger partial charge in [0, 0.05) is 19.1 Å². The second-order valence-corrected chi connectivity index (χ2v) is 5.19. The summed E-state index contributed by atoms with van der Waals surface area (Å²) in [7, 11) is 0. The van der Waals surface area contributed by atoms with Crippen LogP contribution in [0.25, 0.3) is 0 Å². The number of rotatable bonds is 7. The van der Waals surface area contributed by atoms with E-state index >= 15 is 0 Å². The summed E-state index contributed by atoms with van der Waals surface area (Å²) in [4.78, 5) is 13.9. The molecule has 0 aliphatic heterocycles. The lowest BCUT2D eigenvalue weighted by Gasteiger charge is -2.20. The van der Waals surface area contributed by atoms with Crippen molar-refractivity contribution in [3.63, 3.8) is 0 Å². The van der Waals surface area contributed by atoms with Crippen molar-refractivity contribution >= 4 is 5.91 Å². The van der Waals surface area contributed by atoms with Crippen molar-refractivity contribution in [2.75, 3.05) is 19.7 Å². The van der Waals surface area contributed by atoms with Gasteiger partial charge in [-0.1, -0.05) is 29.8 Å². The van der Waals surface area contributed by atoms with Crippen LogP contribution in [0.4, 0.5) is 0 Å². The SMILES string of the molecule is Cc1cccc(CNC(=O)CN(CCO)C2CC2)c1. The van der Waals surface area contributed by atoms with E-state index in [-0.39, 0.29) is 12.5 Å². The number of benzene rings is 1. The zero-order valence-corrected chi connectivity index (χ0v) is 11.4. The van der Waals surface area contributed by atoms with Gasteiger partial charge in [0.25, 0.3) is 0 Å². The van der Waals surface area contributed by atoms with E-state index in [4.69, 9.17) is 5.11 Å². The van der Waals surface area contributed by atoms with E-state index in [0.29, 0.717) is 25.7 Å². The van der Waals surface area contributed by atoms with Crippen LogP contribution in [0.1, 0.15) is 24.0 Å². The maximum atomic E-state index is 11.9. The van der Waals surface area contributed by atoms with Crippen molar-refractivity contribution in [2.45, 2.75) is 32.4 Å². The fourth-order valence-corrected chi connectivity index (χ4v) is 2.22. The third-order valence-corrected chi connectivity index (χ3v) is 3.37. The first-order valence-electron chi connectivity index (χ1n) is 6.86. The fraction of sp³-hybridized carbons (Fsp3) is 0.533. The van der Waals surface area contributed by atoms with E-state index < -0.39 is 0 Å². The molecule has 2 rings (SSSR count). The molecule has 19 heavy (non-hydrogen) atoms. The van der Waals surface area contributed by atoms with Gasteiger partial charge in [0.2, 0.25) is 5.91 Å². The van der Waals surface area contributed by atoms with Gasteiger partial charge < -0.3 is 10.4 Å². The number of hydrogen-bond acceptors (Lipinski definition) is 3. The van der Waals surface area contributed by atoms with Crippen molar-refractivity contribution < 1.29 is 9.90 Å². The third kappa shape index (κ3) is 4.65. The molecule has 0 radical (unpaired) electrons. The number of amides is 1. The molecule has 4 nitrogen and oxygen atoms in total. The van der Waals surface area contributed by atoms with Crippen LogP contribution in [0, 0.1) is 6.92 Å². The number of hydrogen-bond donors (Lipinski definition) is 2. The van der Waals surface area contributed by atoms with Gasteiger partial charge in [-0.25, -0.2) is 0 Å². The van der Waals surface area contributed by atoms with Gasteiger partial charge in [-0.05, 0) is 25.3 Å². The molecule has 2 N–H and O–H groups in total. The first-order chi connectivity index (χ1) is 9.19. The Labute approximate surface area is 114 Å². The summed E-state index contributed by atoms with van der Waals surface area (Å²) in [6, 6.07) is 8.63. The molecule has 1 saturated carbocycles. The van der Waals surface area contributed by atoms with Crippen LogP contribution in [0.3, 0.4) is 0 Å². The summed E-state index contributed by atoms with van der Waals surface area (Å²) >= 11 is 0. The summed E-state index contributed by atoms with van der Waals surface area (Å²) < 4.78 is 0. The van der Waals surface area contributed by atoms with Crippen LogP contribution in [-0.2, 0) is 11.3 Å². The smallest absolute Gasteiger partial charge is 0.234 e. The maximum Gasteiger partial charge on any atom is 0.234 e. The van der Waals surface area contributed by atoms with Gasteiger partial charge in [-0.3, -0.25) is 9.69 Å². The van der Waals surface area contributed by atoms with Crippen molar-refractivity contribution in [2.24, 2.45) is 0 Å². The van der Waals surface area contributed by atoms with Gasteiger partial charge in [-0.15, -0.1) is 0 Å². The normalized spacial score (nSPS) is 14.7. The molecule has 1 aromatic rings. The van der Waals surface area contributed by atoms with Gasteiger partial charge in [0.1, 0.15) is 0 Å². The van der Waals surface area contributed by atoms with Gasteiger partial charge >= 0.3 is 0 Å². The van der Waals surface area contributed by atoms with E-state index in [1.54, 1.807) is 0 Å². The molecule has 0 atom stereocenters. The Kier molecular flexibility index (Phi) is 4.93. The van der Waals surface area contributed by atoms with E-state index in [1.165, 1.54) is 5.56 Å². The largest absolute Gasteiger partial charge is 0.395 e. The van der Waals surface area contributed by atoms with Crippen molar-refractivity contribution in [1.29, 1.82) is 0 Å². The standard InChI is InChI=1S/C15H22N2O2/c1-12-3-2-4-13(9-12)10-16-15(19)11-17(7-8-18)14-5-6-14/h2-4,9,14,18H,5-8,10-11H2,1H3,(H,16,19). The summed E-state index contributed by atoms with van der Waals surface area (Å²) in [5.41, 5.74) is 2.32. The summed E-state index contributed by atoms with van der Waals surface area (Å²) in [5.74, 6) is 0.0295. The molecule has 0 aromatic heterocycles. The average Bonchev–Trinajstić information content (AvgIpc) is 3.20. The predicted octanol–water partition coefficient (Wildman–Crippen LogP) is 1.07. The number of aliphatic hydroxyl groups is 1. The van der Waals surface area contributed by atoms with E-state index in [0.717, 1.165) is 18.4 Å². The third-order valence-electron chi connectivity index (χ3n) is 3.37. The number of nitrogens with zero attached hydrogens (tertiary/aromatic N) is 1. The number of aryl methyl sites for hydroxylation is 1. The van der Waals surface area contributed by atoms with Gasteiger partial charge in [0.15, 0.2) is 0 Å². The zero-order chi connectivity index (χ0) is 13.7. The quantitative estimate of drug-likeness (QED) is 0.773. The minimum absolute atomic E-state index is 0.0295. The van der Waals surface area contributed by atoms with Crippen molar-refractivity contribution in [3.8, 4) is 0 Å². The van der Waals surface area contributed by atoms with Gasteiger partial charge in [0.05, 0.1) is 13.2 Å². The molecular weight excluding hydrogens is 240 g/mol. The average molecular weight is 262 g/mol. The van der Waals surface area contributed by atoms with E-state index in [9.17, 15) is 4.79 Å². The topological polar surface area (TPSA) is 52.6 Å². The Morgan fingerprint density at radius 3 is 2.89 bits per heavy atom. The molecule has 4 heteroatoms. The lowest BCUT2D eigenvalue weighted by Crippen LogP contribution is -2.39. The second-order valence-electron chi connectivity index (χ2n) is 5.19. The highest BCUT2D eigenvalue weighted by Gasteiger charge is 2.29. The Morgan fingerprint density at radius 1 is 1.47 bits per heavy atom. The van der Waals surface area contributed by atoms with E-state index in [1.807, 2.05) is 25.1 Å². The number of carbonyl (C=O) groups excluding carboxylic acids is 1. The van der Waals surface area contributed by atoms with Crippen LogP contribution < -0.4 is 5.32 Å². The Balaban J connectivity index is 1.77. The van der Waals surface area contributed by atoms with Crippen molar-refractivity contribution in [3.05, 3.63) is 35.4 Å². The summed E-state index contributed by atoms with van der Waals surface area (Å²) in [5, 5.41) is 11.9. The monoisotopic (exact) mass is 262 g/mol. The minimum Gasteiger partial charge on any atom is -0.395 e. The van der Waals surface area contributed by atoms with Gasteiger partial charge in [-0.2, -0.15) is 0 Å². The Bertz CT molecular complexity index is 430. The molecule has 0 spiro atoms. The first kappa shape index (κ1) is 14.0. The van der Waals surface area contributed by atoms with Crippen LogP contribution in [0.15, 0.2) is 24.3 Å². The summed E-state index contributed by atoms with van der Waals surface area (Å²) in [6.45, 7) is 3.70. The molecule has 104 valence electrons. The van der Waals surface area contributed by atoms with Crippen LogP contribution in [0.5, 0.6) is 0 Å². The minimum atomic E-state index is 0.0295. The Hall–Kier alpha value is -1.39. The predicted molar refractivity (Wildman–Crippen MR) is 74.7 cm³/mol. The Morgan fingerprint density at radius 2 is 2.26 bits per heavy atom. The molecule has 1 aromatic carbocycles.